The van der Waals surface area contributed by atoms with Gasteiger partial charge in [0, 0.05) is 49.3 Å². The third-order valence-electron chi connectivity index (χ3n) is 3.87. The SMILES string of the molecule is CC(=O)OCC/C(SCOC(=O)N(C)C)=C(\C)N(C=O)Cc1ccc(C)nc1N. The van der Waals surface area contributed by atoms with Crippen molar-refractivity contribution in [3.8, 4) is 0 Å². The summed E-state index contributed by atoms with van der Waals surface area (Å²) in [7, 11) is 3.17. The van der Waals surface area contributed by atoms with Gasteiger partial charge < -0.3 is 25.0 Å². The number of carbonyl (C=O) groups excluding carboxylic acids is 3. The molecule has 1 aromatic rings. The van der Waals surface area contributed by atoms with Crippen molar-refractivity contribution in [3.05, 3.63) is 34.0 Å². The molecule has 0 saturated heterocycles. The maximum Gasteiger partial charge on any atom is 0.410 e. The molecule has 0 aliphatic rings. The number of nitrogens with two attached hydrogens (primary N) is 1. The number of thioether (sulfide) groups is 1. The number of pyridine rings is 1. The molecule has 2 amide bonds. The monoisotopic (exact) mass is 424 g/mol. The van der Waals surface area contributed by atoms with Gasteiger partial charge in [-0.15, -0.1) is 0 Å². The lowest BCUT2D eigenvalue weighted by Crippen LogP contribution is -2.23. The summed E-state index contributed by atoms with van der Waals surface area (Å²) in [5, 5.41) is 0. The van der Waals surface area contributed by atoms with E-state index in [2.05, 4.69) is 4.98 Å². The Balaban J connectivity index is 2.98. The van der Waals surface area contributed by atoms with Gasteiger partial charge in [0.15, 0.2) is 0 Å². The molecular weight excluding hydrogens is 396 g/mol. The molecule has 0 unspecified atom stereocenters. The normalized spacial score (nSPS) is 11.3. The summed E-state index contributed by atoms with van der Waals surface area (Å²) in [6, 6.07) is 3.65. The van der Waals surface area contributed by atoms with Crippen LogP contribution in [0.5, 0.6) is 0 Å². The molecule has 0 atom stereocenters. The second-order valence-electron chi connectivity index (χ2n) is 6.40. The summed E-state index contributed by atoms with van der Waals surface area (Å²) in [6.45, 7) is 5.33. The van der Waals surface area contributed by atoms with E-state index in [1.54, 1.807) is 21.0 Å². The first-order valence-electron chi connectivity index (χ1n) is 8.89. The predicted octanol–water partition coefficient (Wildman–Crippen LogP) is 2.50. The second-order valence-corrected chi connectivity index (χ2v) is 7.41. The Morgan fingerprint density at radius 2 is 1.93 bits per heavy atom. The Labute approximate surface area is 175 Å². The molecule has 1 heterocycles. The number of ether oxygens (including phenoxy) is 2. The molecule has 0 spiro atoms. The Bertz CT molecular complexity index is 767. The molecule has 0 saturated carbocycles. The number of aryl methyl sites for hydroxylation is 1. The van der Waals surface area contributed by atoms with E-state index in [0.717, 1.165) is 10.6 Å². The molecule has 0 radical (unpaired) electrons. The Morgan fingerprint density at radius 3 is 2.48 bits per heavy atom. The molecule has 10 heteroatoms. The largest absolute Gasteiger partial charge is 0.466 e. The number of esters is 1. The number of rotatable bonds is 10. The molecule has 1 aromatic heterocycles. The van der Waals surface area contributed by atoms with Crippen molar-refractivity contribution in [2.45, 2.75) is 33.7 Å². The summed E-state index contributed by atoms with van der Waals surface area (Å²) < 4.78 is 10.2. The molecule has 29 heavy (non-hydrogen) atoms. The van der Waals surface area contributed by atoms with Crippen molar-refractivity contribution < 1.29 is 23.9 Å². The molecular formula is C19H28N4O5S. The van der Waals surface area contributed by atoms with Crippen LogP contribution in [-0.4, -0.2) is 59.9 Å². The zero-order valence-electron chi connectivity index (χ0n) is 17.4. The summed E-state index contributed by atoms with van der Waals surface area (Å²) >= 11 is 1.26. The highest BCUT2D eigenvalue weighted by Gasteiger charge is 2.15. The van der Waals surface area contributed by atoms with Gasteiger partial charge in [-0.2, -0.15) is 0 Å². The van der Waals surface area contributed by atoms with Crippen molar-refractivity contribution in [1.29, 1.82) is 0 Å². The van der Waals surface area contributed by atoms with Crippen LogP contribution >= 0.6 is 11.8 Å². The number of nitrogens with zero attached hydrogens (tertiary/aromatic N) is 3. The van der Waals surface area contributed by atoms with Crippen molar-refractivity contribution >= 4 is 36.1 Å². The molecule has 0 aromatic carbocycles. The topological polar surface area (TPSA) is 115 Å². The average molecular weight is 425 g/mol. The Morgan fingerprint density at radius 1 is 1.24 bits per heavy atom. The van der Waals surface area contributed by atoms with Crippen LogP contribution in [0, 0.1) is 6.92 Å². The Hall–Kier alpha value is -2.75. The molecule has 2 N–H and O–H groups in total. The quantitative estimate of drug-likeness (QED) is 0.346. The number of amides is 2. The summed E-state index contributed by atoms with van der Waals surface area (Å²) in [5.41, 5.74) is 8.11. The van der Waals surface area contributed by atoms with E-state index in [1.807, 2.05) is 19.1 Å². The van der Waals surface area contributed by atoms with Gasteiger partial charge in [-0.1, -0.05) is 17.8 Å². The number of aromatic nitrogens is 1. The van der Waals surface area contributed by atoms with Crippen LogP contribution in [0.1, 0.15) is 31.5 Å². The van der Waals surface area contributed by atoms with E-state index >= 15 is 0 Å². The number of hydrogen-bond donors (Lipinski definition) is 1. The number of hydrogen-bond acceptors (Lipinski definition) is 8. The van der Waals surface area contributed by atoms with Crippen LogP contribution in [0.15, 0.2) is 22.7 Å². The zero-order valence-corrected chi connectivity index (χ0v) is 18.2. The molecule has 1 rings (SSSR count). The second kappa shape index (κ2) is 11.9. The van der Waals surface area contributed by atoms with E-state index in [1.165, 1.54) is 28.5 Å². The van der Waals surface area contributed by atoms with Gasteiger partial charge in [0.2, 0.25) is 6.41 Å². The highest BCUT2D eigenvalue weighted by Crippen LogP contribution is 2.27. The molecule has 0 fully saturated rings. The maximum atomic E-state index is 11.7. The van der Waals surface area contributed by atoms with Crippen LogP contribution in [0.3, 0.4) is 0 Å². The van der Waals surface area contributed by atoms with E-state index < -0.39 is 12.1 Å². The molecule has 160 valence electrons. The van der Waals surface area contributed by atoms with Crippen LogP contribution in [0.4, 0.5) is 10.6 Å². The zero-order chi connectivity index (χ0) is 22.0. The lowest BCUT2D eigenvalue weighted by Gasteiger charge is -2.22. The number of anilines is 1. The fourth-order valence-electron chi connectivity index (χ4n) is 2.24. The van der Waals surface area contributed by atoms with Crippen LogP contribution in [0.25, 0.3) is 0 Å². The third kappa shape index (κ3) is 8.43. The first-order valence-corrected chi connectivity index (χ1v) is 9.88. The average Bonchev–Trinajstić information content (AvgIpc) is 2.65. The predicted molar refractivity (Wildman–Crippen MR) is 112 cm³/mol. The lowest BCUT2D eigenvalue weighted by atomic mass is 10.2. The van der Waals surface area contributed by atoms with Crippen molar-refractivity contribution in [3.63, 3.8) is 0 Å². The number of nitrogen functional groups attached to an aromatic ring is 1. The number of allylic oxidation sites excluding steroid dienone is 1. The summed E-state index contributed by atoms with van der Waals surface area (Å²) in [6.07, 6.45) is 0.606. The molecule has 9 nitrogen and oxygen atoms in total. The minimum atomic E-state index is -0.472. The van der Waals surface area contributed by atoms with Gasteiger partial charge in [-0.25, -0.2) is 9.78 Å². The van der Waals surface area contributed by atoms with Gasteiger partial charge in [0.05, 0.1) is 13.2 Å². The highest BCUT2D eigenvalue weighted by atomic mass is 32.2. The van der Waals surface area contributed by atoms with Crippen LogP contribution in [-0.2, 0) is 25.6 Å². The van der Waals surface area contributed by atoms with Crippen molar-refractivity contribution in [2.75, 3.05) is 32.4 Å². The van der Waals surface area contributed by atoms with Crippen molar-refractivity contribution in [1.82, 2.24) is 14.8 Å². The van der Waals surface area contributed by atoms with Gasteiger partial charge in [-0.05, 0) is 19.9 Å². The molecule has 0 aliphatic carbocycles. The first kappa shape index (κ1) is 24.3. The summed E-state index contributed by atoms with van der Waals surface area (Å²) in [5.74, 6) is 0.0282. The van der Waals surface area contributed by atoms with Crippen molar-refractivity contribution in [2.24, 2.45) is 0 Å². The third-order valence-corrected chi connectivity index (χ3v) is 4.95. The smallest absolute Gasteiger partial charge is 0.410 e. The minimum Gasteiger partial charge on any atom is -0.466 e. The molecule has 0 bridgehead atoms. The van der Waals surface area contributed by atoms with E-state index in [4.69, 9.17) is 15.2 Å². The fraction of sp³-hybridized carbons (Fsp3) is 0.474. The van der Waals surface area contributed by atoms with Gasteiger partial charge in [-0.3, -0.25) is 9.59 Å². The summed E-state index contributed by atoms with van der Waals surface area (Å²) in [4.78, 5) is 42.2. The standard InChI is InChI=1S/C19H28N4O5S/c1-13-6-7-16(18(20)21-13)10-23(11-24)14(2)17(8-9-27-15(3)25)29-12-28-19(26)22(4)5/h6-7,11H,8-10,12H2,1-5H3,(H2,20,21)/b17-14-. The van der Waals surface area contributed by atoms with Crippen LogP contribution in [0.2, 0.25) is 0 Å². The van der Waals surface area contributed by atoms with E-state index in [-0.39, 0.29) is 19.1 Å². The number of carbonyl (C=O) groups is 3. The highest BCUT2D eigenvalue weighted by molar-refractivity contribution is 8.02. The van der Waals surface area contributed by atoms with Gasteiger partial charge in [0.1, 0.15) is 11.8 Å². The van der Waals surface area contributed by atoms with Gasteiger partial charge in [0.25, 0.3) is 0 Å². The minimum absolute atomic E-state index is 0.0602. The van der Waals surface area contributed by atoms with E-state index in [9.17, 15) is 14.4 Å². The van der Waals surface area contributed by atoms with Crippen LogP contribution < -0.4 is 5.73 Å². The Kier molecular flexibility index (Phi) is 10.0. The lowest BCUT2D eigenvalue weighted by molar-refractivity contribution is -0.140. The van der Waals surface area contributed by atoms with Gasteiger partial charge >= 0.3 is 12.1 Å². The van der Waals surface area contributed by atoms with E-state index in [0.29, 0.717) is 29.9 Å². The molecule has 0 aliphatic heterocycles. The first-order chi connectivity index (χ1) is 13.6. The fourth-order valence-corrected chi connectivity index (χ4v) is 3.10. The maximum absolute atomic E-state index is 11.7.